The fourth-order valence-corrected chi connectivity index (χ4v) is 2.02. The van der Waals surface area contributed by atoms with Gasteiger partial charge in [0, 0.05) is 12.3 Å². The molecule has 1 N–H and O–H groups in total. The first kappa shape index (κ1) is 14.9. The molecule has 108 valence electrons. The van der Waals surface area contributed by atoms with Crippen molar-refractivity contribution >= 4 is 0 Å². The van der Waals surface area contributed by atoms with Gasteiger partial charge in [-0.05, 0) is 36.2 Å². The average molecular weight is 283 g/mol. The summed E-state index contributed by atoms with van der Waals surface area (Å²) in [5.41, 5.74) is 2.56. The number of rotatable bonds is 3. The van der Waals surface area contributed by atoms with Gasteiger partial charge in [0.2, 0.25) is 0 Å². The van der Waals surface area contributed by atoms with Crippen LogP contribution in [0.1, 0.15) is 16.7 Å². The normalized spacial score (nSPS) is 9.86. The van der Waals surface area contributed by atoms with Crippen molar-refractivity contribution in [3.8, 4) is 17.6 Å². The molecule has 0 saturated carbocycles. The Balaban J connectivity index is 2.34. The van der Waals surface area contributed by atoms with E-state index in [2.05, 4.69) is 11.8 Å². The van der Waals surface area contributed by atoms with Crippen molar-refractivity contribution < 1.29 is 9.84 Å². The van der Waals surface area contributed by atoms with Crippen LogP contribution in [-0.2, 0) is 6.54 Å². The van der Waals surface area contributed by atoms with Crippen molar-refractivity contribution in [1.82, 2.24) is 4.57 Å². The molecule has 0 spiro atoms. The minimum atomic E-state index is -0.204. The molecular weight excluding hydrogens is 266 g/mol. The number of methoxy groups -OCH3 is 1. The zero-order valence-electron chi connectivity index (χ0n) is 12.1. The molecule has 0 radical (unpaired) electrons. The summed E-state index contributed by atoms with van der Waals surface area (Å²) in [5.74, 6) is 6.11. The molecule has 2 rings (SSSR count). The predicted octanol–water partition coefficient (Wildman–Crippen LogP) is 1.56. The largest absolute Gasteiger partial charge is 0.495 e. The van der Waals surface area contributed by atoms with Gasteiger partial charge in [-0.15, -0.1) is 0 Å². The lowest BCUT2D eigenvalue weighted by Crippen LogP contribution is -2.19. The second-order valence-corrected chi connectivity index (χ2v) is 4.66. The topological polar surface area (TPSA) is 51.5 Å². The van der Waals surface area contributed by atoms with Gasteiger partial charge in [0.05, 0.1) is 19.2 Å². The third-order valence-corrected chi connectivity index (χ3v) is 3.07. The second-order valence-electron chi connectivity index (χ2n) is 4.66. The molecule has 0 bridgehead atoms. The van der Waals surface area contributed by atoms with E-state index in [0.29, 0.717) is 17.9 Å². The number of ether oxygens (including phenoxy) is 1. The van der Waals surface area contributed by atoms with Crippen LogP contribution in [0.5, 0.6) is 5.75 Å². The summed E-state index contributed by atoms with van der Waals surface area (Å²) in [6.07, 6.45) is 1.78. The summed E-state index contributed by atoms with van der Waals surface area (Å²) in [6.45, 7) is 2.16. The van der Waals surface area contributed by atoms with E-state index in [-0.39, 0.29) is 12.2 Å². The predicted molar refractivity (Wildman–Crippen MR) is 81.5 cm³/mol. The third kappa shape index (κ3) is 3.74. The Kier molecular flexibility index (Phi) is 4.81. The molecule has 0 aliphatic carbocycles. The SMILES string of the molecule is COc1ccc(Cn2ccc(C)cc2=O)cc1C#CCO. The summed E-state index contributed by atoms with van der Waals surface area (Å²) in [4.78, 5) is 11.9. The molecule has 1 aromatic heterocycles. The number of aliphatic hydroxyl groups excluding tert-OH is 1. The van der Waals surface area contributed by atoms with E-state index in [0.717, 1.165) is 11.1 Å². The zero-order chi connectivity index (χ0) is 15.2. The van der Waals surface area contributed by atoms with Crippen LogP contribution in [0.4, 0.5) is 0 Å². The molecule has 0 unspecified atom stereocenters. The van der Waals surface area contributed by atoms with Crippen molar-refractivity contribution in [2.45, 2.75) is 13.5 Å². The lowest BCUT2D eigenvalue weighted by Gasteiger charge is -2.09. The van der Waals surface area contributed by atoms with Gasteiger partial charge in [0.1, 0.15) is 12.4 Å². The van der Waals surface area contributed by atoms with Gasteiger partial charge in [-0.1, -0.05) is 17.9 Å². The van der Waals surface area contributed by atoms with E-state index in [9.17, 15) is 4.79 Å². The maximum Gasteiger partial charge on any atom is 0.251 e. The smallest absolute Gasteiger partial charge is 0.251 e. The number of aryl methyl sites for hydroxylation is 1. The molecule has 0 fully saturated rings. The first-order chi connectivity index (χ1) is 10.1. The lowest BCUT2D eigenvalue weighted by molar-refractivity contribution is 0.350. The standard InChI is InChI=1S/C17H17NO3/c1-13-7-8-18(17(20)10-13)12-14-5-6-16(21-2)15(11-14)4-3-9-19/h5-8,10-11,19H,9,12H2,1-2H3. The third-order valence-electron chi connectivity index (χ3n) is 3.07. The quantitative estimate of drug-likeness (QED) is 0.870. The highest BCUT2D eigenvalue weighted by Crippen LogP contribution is 2.19. The van der Waals surface area contributed by atoms with Gasteiger partial charge in [0.15, 0.2) is 0 Å². The van der Waals surface area contributed by atoms with E-state index in [1.54, 1.807) is 23.9 Å². The number of aliphatic hydroxyl groups is 1. The van der Waals surface area contributed by atoms with E-state index in [4.69, 9.17) is 9.84 Å². The van der Waals surface area contributed by atoms with E-state index >= 15 is 0 Å². The average Bonchev–Trinajstić information content (AvgIpc) is 2.48. The maximum absolute atomic E-state index is 11.9. The Morgan fingerprint density at radius 3 is 2.76 bits per heavy atom. The Morgan fingerprint density at radius 1 is 1.29 bits per heavy atom. The van der Waals surface area contributed by atoms with Gasteiger partial charge in [-0.2, -0.15) is 0 Å². The summed E-state index contributed by atoms with van der Waals surface area (Å²) < 4.78 is 6.87. The van der Waals surface area contributed by atoms with E-state index in [1.807, 2.05) is 31.2 Å². The Hall–Kier alpha value is -2.51. The Morgan fingerprint density at radius 2 is 2.10 bits per heavy atom. The number of aromatic nitrogens is 1. The summed E-state index contributed by atoms with van der Waals surface area (Å²) >= 11 is 0. The van der Waals surface area contributed by atoms with Crippen molar-refractivity contribution in [2.75, 3.05) is 13.7 Å². The van der Waals surface area contributed by atoms with Crippen LogP contribution in [0.25, 0.3) is 0 Å². The minimum absolute atomic E-state index is 0.0335. The van der Waals surface area contributed by atoms with Crippen molar-refractivity contribution in [1.29, 1.82) is 0 Å². The number of pyridine rings is 1. The van der Waals surface area contributed by atoms with Crippen LogP contribution in [0.3, 0.4) is 0 Å². The van der Waals surface area contributed by atoms with Gasteiger partial charge in [-0.3, -0.25) is 4.79 Å². The molecule has 0 atom stereocenters. The lowest BCUT2D eigenvalue weighted by atomic mass is 10.1. The molecule has 0 aliphatic heterocycles. The monoisotopic (exact) mass is 283 g/mol. The van der Waals surface area contributed by atoms with Crippen LogP contribution in [0, 0.1) is 18.8 Å². The minimum Gasteiger partial charge on any atom is -0.495 e. The van der Waals surface area contributed by atoms with Crippen LogP contribution >= 0.6 is 0 Å². The highest BCUT2D eigenvalue weighted by Gasteiger charge is 2.04. The second kappa shape index (κ2) is 6.78. The fraction of sp³-hybridized carbons (Fsp3) is 0.235. The molecule has 0 saturated heterocycles. The maximum atomic E-state index is 11.9. The van der Waals surface area contributed by atoms with Crippen LogP contribution < -0.4 is 10.3 Å². The molecule has 21 heavy (non-hydrogen) atoms. The Labute approximate surface area is 123 Å². The number of hydrogen-bond donors (Lipinski definition) is 1. The van der Waals surface area contributed by atoms with Crippen molar-refractivity contribution in [2.24, 2.45) is 0 Å². The molecule has 4 heteroatoms. The van der Waals surface area contributed by atoms with Gasteiger partial charge in [-0.25, -0.2) is 0 Å². The summed E-state index contributed by atoms with van der Waals surface area (Å²) in [6, 6.07) is 9.09. The molecule has 1 aromatic carbocycles. The van der Waals surface area contributed by atoms with Crippen LogP contribution in [-0.4, -0.2) is 23.4 Å². The van der Waals surface area contributed by atoms with E-state index in [1.165, 1.54) is 0 Å². The van der Waals surface area contributed by atoms with Gasteiger partial charge < -0.3 is 14.4 Å². The van der Waals surface area contributed by atoms with Crippen molar-refractivity contribution in [3.05, 3.63) is 63.6 Å². The van der Waals surface area contributed by atoms with Gasteiger partial charge in [0.25, 0.3) is 5.56 Å². The highest BCUT2D eigenvalue weighted by atomic mass is 16.5. The summed E-state index contributed by atoms with van der Waals surface area (Å²) in [5, 5.41) is 8.80. The highest BCUT2D eigenvalue weighted by molar-refractivity contribution is 5.48. The molecular formula is C17H17NO3. The molecule has 0 amide bonds. The molecule has 2 aromatic rings. The summed E-state index contributed by atoms with van der Waals surface area (Å²) in [7, 11) is 1.57. The Bertz CT molecular complexity index is 751. The van der Waals surface area contributed by atoms with E-state index < -0.39 is 0 Å². The molecule has 0 aliphatic rings. The number of nitrogens with zero attached hydrogens (tertiary/aromatic N) is 1. The fourth-order valence-electron chi connectivity index (χ4n) is 2.02. The first-order valence-corrected chi connectivity index (χ1v) is 6.58. The van der Waals surface area contributed by atoms with Gasteiger partial charge >= 0.3 is 0 Å². The number of benzene rings is 1. The zero-order valence-corrected chi connectivity index (χ0v) is 12.1. The van der Waals surface area contributed by atoms with Crippen molar-refractivity contribution in [3.63, 3.8) is 0 Å². The first-order valence-electron chi connectivity index (χ1n) is 6.58. The molecule has 1 heterocycles. The number of hydrogen-bond acceptors (Lipinski definition) is 3. The molecule has 4 nitrogen and oxygen atoms in total. The van der Waals surface area contributed by atoms with Crippen LogP contribution in [0.15, 0.2) is 41.3 Å². The van der Waals surface area contributed by atoms with Crippen LogP contribution in [0.2, 0.25) is 0 Å².